The molecule has 0 radical (unpaired) electrons. The number of piperazine rings is 1. The lowest BCUT2D eigenvalue weighted by Crippen LogP contribution is -2.46. The average molecular weight is 313 g/mol. The average Bonchev–Trinajstić information content (AvgIpc) is 2.28. The van der Waals surface area contributed by atoms with Gasteiger partial charge in [0.25, 0.3) is 0 Å². The van der Waals surface area contributed by atoms with Crippen molar-refractivity contribution in [2.75, 3.05) is 26.2 Å². The molecule has 0 saturated carbocycles. The van der Waals surface area contributed by atoms with Crippen LogP contribution in [0.2, 0.25) is 10.0 Å². The summed E-state index contributed by atoms with van der Waals surface area (Å²) in [6, 6.07) is 1.89. The Kier molecular flexibility index (Phi) is 4.13. The fraction of sp³-hybridized carbons (Fsp3) is 0.400. The van der Waals surface area contributed by atoms with Crippen LogP contribution < -0.4 is 5.32 Å². The second kappa shape index (κ2) is 5.30. The number of nitrogens with one attached hydrogen (secondary N) is 1. The van der Waals surface area contributed by atoms with Crippen LogP contribution in [-0.4, -0.2) is 38.9 Å². The van der Waals surface area contributed by atoms with E-state index in [2.05, 4.69) is 5.32 Å². The Bertz CT molecular complexity index is 536. The van der Waals surface area contributed by atoms with Gasteiger partial charge in [-0.05, 0) is 12.1 Å². The maximum atomic E-state index is 13.1. The first-order chi connectivity index (χ1) is 8.43. The number of hydrogen-bond acceptors (Lipinski definition) is 3. The van der Waals surface area contributed by atoms with E-state index in [0.29, 0.717) is 26.2 Å². The molecule has 0 atom stereocenters. The highest BCUT2D eigenvalue weighted by molar-refractivity contribution is 7.89. The summed E-state index contributed by atoms with van der Waals surface area (Å²) in [7, 11) is -3.78. The fourth-order valence-electron chi connectivity index (χ4n) is 1.79. The molecule has 1 aromatic carbocycles. The summed E-state index contributed by atoms with van der Waals surface area (Å²) >= 11 is 11.6. The monoisotopic (exact) mass is 312 g/mol. The van der Waals surface area contributed by atoms with Crippen LogP contribution >= 0.6 is 23.2 Å². The fourth-order valence-corrected chi connectivity index (χ4v) is 4.37. The van der Waals surface area contributed by atoms with Gasteiger partial charge in [0.1, 0.15) is 10.7 Å². The van der Waals surface area contributed by atoms with Crippen LogP contribution in [0, 0.1) is 5.82 Å². The number of nitrogens with zero attached hydrogens (tertiary/aromatic N) is 1. The van der Waals surface area contributed by atoms with Crippen molar-refractivity contribution in [3.8, 4) is 0 Å². The Morgan fingerprint density at radius 3 is 2.17 bits per heavy atom. The zero-order valence-electron chi connectivity index (χ0n) is 9.29. The molecule has 0 aliphatic carbocycles. The van der Waals surface area contributed by atoms with Gasteiger partial charge in [0.2, 0.25) is 10.0 Å². The summed E-state index contributed by atoms with van der Waals surface area (Å²) in [4.78, 5) is -0.228. The molecule has 1 aromatic rings. The summed E-state index contributed by atoms with van der Waals surface area (Å²) in [5, 5.41) is 2.65. The minimum Gasteiger partial charge on any atom is -0.314 e. The number of rotatable bonds is 2. The van der Waals surface area contributed by atoms with E-state index in [1.807, 2.05) is 0 Å². The third kappa shape index (κ3) is 2.62. The van der Waals surface area contributed by atoms with Crippen LogP contribution in [0.1, 0.15) is 0 Å². The van der Waals surface area contributed by atoms with Gasteiger partial charge in [-0.15, -0.1) is 0 Å². The number of benzene rings is 1. The molecule has 0 bridgehead atoms. The van der Waals surface area contributed by atoms with Gasteiger partial charge in [-0.1, -0.05) is 23.2 Å². The topological polar surface area (TPSA) is 49.4 Å². The Morgan fingerprint density at radius 2 is 1.67 bits per heavy atom. The molecule has 1 aliphatic heterocycles. The van der Waals surface area contributed by atoms with Crippen LogP contribution in [0.15, 0.2) is 17.0 Å². The molecule has 0 aromatic heterocycles. The van der Waals surface area contributed by atoms with Gasteiger partial charge in [-0.3, -0.25) is 0 Å². The number of halogens is 3. The van der Waals surface area contributed by atoms with Gasteiger partial charge < -0.3 is 5.32 Å². The van der Waals surface area contributed by atoms with Gasteiger partial charge >= 0.3 is 0 Å². The minimum absolute atomic E-state index is 0.196. The van der Waals surface area contributed by atoms with Crippen LogP contribution in [0.5, 0.6) is 0 Å². The van der Waals surface area contributed by atoms with Crippen molar-refractivity contribution in [3.63, 3.8) is 0 Å². The highest BCUT2D eigenvalue weighted by Gasteiger charge is 2.30. The lowest BCUT2D eigenvalue weighted by molar-refractivity contribution is 0.360. The summed E-state index contributed by atoms with van der Waals surface area (Å²) < 4.78 is 39.0. The second-order valence-corrected chi connectivity index (χ2v) is 6.54. The first-order valence-corrected chi connectivity index (χ1v) is 7.48. The van der Waals surface area contributed by atoms with Gasteiger partial charge in [-0.25, -0.2) is 12.8 Å². The van der Waals surface area contributed by atoms with E-state index in [1.54, 1.807) is 0 Å². The van der Waals surface area contributed by atoms with Gasteiger partial charge in [0, 0.05) is 26.2 Å². The predicted octanol–water partition coefficient (Wildman–Crippen LogP) is 1.73. The van der Waals surface area contributed by atoms with Crippen molar-refractivity contribution in [1.29, 1.82) is 0 Å². The molecule has 0 unspecified atom stereocenters. The maximum Gasteiger partial charge on any atom is 0.246 e. The molecule has 1 aliphatic rings. The SMILES string of the molecule is O=S(=O)(c1c(Cl)cc(F)cc1Cl)N1CCNCC1. The Hall–Kier alpha value is -0.400. The van der Waals surface area contributed by atoms with Gasteiger partial charge in [-0.2, -0.15) is 4.31 Å². The van der Waals surface area contributed by atoms with E-state index in [0.717, 1.165) is 12.1 Å². The highest BCUT2D eigenvalue weighted by Crippen LogP contribution is 2.32. The van der Waals surface area contributed by atoms with Crippen molar-refractivity contribution in [2.45, 2.75) is 4.90 Å². The smallest absolute Gasteiger partial charge is 0.246 e. The highest BCUT2D eigenvalue weighted by atomic mass is 35.5. The van der Waals surface area contributed by atoms with Crippen LogP contribution in [0.4, 0.5) is 4.39 Å². The Balaban J connectivity index is 2.47. The Labute approximate surface area is 115 Å². The minimum atomic E-state index is -3.78. The predicted molar refractivity (Wildman–Crippen MR) is 68.0 cm³/mol. The molecule has 18 heavy (non-hydrogen) atoms. The molecular formula is C10H11Cl2FN2O2S. The van der Waals surface area contributed by atoms with Crippen molar-refractivity contribution >= 4 is 33.2 Å². The summed E-state index contributed by atoms with van der Waals surface area (Å²) in [6.45, 7) is 1.81. The molecule has 0 amide bonds. The number of hydrogen-bond donors (Lipinski definition) is 1. The zero-order chi connectivity index (χ0) is 13.3. The standard InChI is InChI=1S/C10H11Cl2FN2O2S/c11-8-5-7(13)6-9(12)10(8)18(16,17)15-3-1-14-2-4-15/h5-6,14H,1-4H2. The normalized spacial score (nSPS) is 17.9. The van der Waals surface area contributed by atoms with Gasteiger partial charge in [0.05, 0.1) is 10.0 Å². The third-order valence-electron chi connectivity index (χ3n) is 2.64. The molecule has 1 heterocycles. The quantitative estimate of drug-likeness (QED) is 0.904. The molecule has 2 rings (SSSR count). The van der Waals surface area contributed by atoms with Crippen LogP contribution in [0.3, 0.4) is 0 Å². The molecular weight excluding hydrogens is 302 g/mol. The lowest BCUT2D eigenvalue weighted by atomic mass is 10.3. The summed E-state index contributed by atoms with van der Waals surface area (Å²) in [6.07, 6.45) is 0. The second-order valence-electron chi connectivity index (χ2n) is 3.85. The molecule has 1 saturated heterocycles. The van der Waals surface area contributed by atoms with Crippen LogP contribution in [-0.2, 0) is 10.0 Å². The largest absolute Gasteiger partial charge is 0.314 e. The van der Waals surface area contributed by atoms with Crippen molar-refractivity contribution in [2.24, 2.45) is 0 Å². The van der Waals surface area contributed by atoms with Crippen molar-refractivity contribution in [3.05, 3.63) is 28.0 Å². The van der Waals surface area contributed by atoms with E-state index in [-0.39, 0.29) is 14.9 Å². The Morgan fingerprint density at radius 1 is 1.17 bits per heavy atom. The first-order valence-electron chi connectivity index (χ1n) is 5.28. The van der Waals surface area contributed by atoms with E-state index >= 15 is 0 Å². The lowest BCUT2D eigenvalue weighted by Gasteiger charge is -2.27. The summed E-state index contributed by atoms with van der Waals surface area (Å²) in [5.74, 6) is -0.663. The van der Waals surface area contributed by atoms with Gasteiger partial charge in [0.15, 0.2) is 0 Å². The van der Waals surface area contributed by atoms with Crippen LogP contribution in [0.25, 0.3) is 0 Å². The molecule has 0 spiro atoms. The molecule has 1 N–H and O–H groups in total. The summed E-state index contributed by atoms with van der Waals surface area (Å²) in [5.41, 5.74) is 0. The third-order valence-corrected chi connectivity index (χ3v) is 5.46. The molecule has 4 nitrogen and oxygen atoms in total. The van der Waals surface area contributed by atoms with Crippen molar-refractivity contribution < 1.29 is 12.8 Å². The first kappa shape index (κ1) is 14.0. The zero-order valence-corrected chi connectivity index (χ0v) is 11.6. The van der Waals surface area contributed by atoms with E-state index < -0.39 is 15.8 Å². The molecule has 8 heteroatoms. The maximum absolute atomic E-state index is 13.1. The number of sulfonamides is 1. The molecule has 100 valence electrons. The van der Waals surface area contributed by atoms with E-state index in [1.165, 1.54) is 4.31 Å². The molecule has 1 fully saturated rings. The van der Waals surface area contributed by atoms with E-state index in [9.17, 15) is 12.8 Å². The van der Waals surface area contributed by atoms with Crippen molar-refractivity contribution in [1.82, 2.24) is 9.62 Å². The van der Waals surface area contributed by atoms with E-state index in [4.69, 9.17) is 23.2 Å².